The average Bonchev–Trinajstić information content (AvgIpc) is 2.81. The number of amides is 1. The van der Waals surface area contributed by atoms with E-state index in [1.54, 1.807) is 4.90 Å². The first-order valence-electron chi connectivity index (χ1n) is 4.42. The van der Waals surface area contributed by atoms with Crippen molar-refractivity contribution in [3.05, 3.63) is 0 Å². The predicted molar refractivity (Wildman–Crippen MR) is 41.6 cm³/mol. The minimum atomic E-state index is -0.232. The van der Waals surface area contributed by atoms with E-state index in [9.17, 15) is 4.79 Å². The Morgan fingerprint density at radius 1 is 1.75 bits per heavy atom. The average molecular weight is 171 g/mol. The summed E-state index contributed by atoms with van der Waals surface area (Å²) in [7, 11) is 0. The normalized spacial score (nSPS) is 32.6. The van der Waals surface area contributed by atoms with Gasteiger partial charge in [0.25, 0.3) is 0 Å². The Labute approximate surface area is 71.4 Å². The minimum Gasteiger partial charge on any atom is -0.450 e. The molecule has 2 atom stereocenters. The van der Waals surface area contributed by atoms with Crippen LogP contribution in [0.1, 0.15) is 19.8 Å². The van der Waals surface area contributed by atoms with Gasteiger partial charge in [0.05, 0.1) is 6.61 Å². The van der Waals surface area contributed by atoms with E-state index in [1.165, 1.54) is 0 Å². The number of carbonyl (C=O) groups is 1. The van der Waals surface area contributed by atoms with E-state index in [4.69, 9.17) is 9.47 Å². The van der Waals surface area contributed by atoms with Gasteiger partial charge in [0.1, 0.15) is 6.10 Å². The molecule has 0 aliphatic carbocycles. The summed E-state index contributed by atoms with van der Waals surface area (Å²) in [6.45, 7) is 3.03. The second-order valence-electron chi connectivity index (χ2n) is 3.10. The van der Waals surface area contributed by atoms with Crippen molar-refractivity contribution in [2.75, 3.05) is 13.2 Å². The van der Waals surface area contributed by atoms with Crippen LogP contribution in [0, 0.1) is 0 Å². The number of ether oxygens (including phenoxy) is 2. The molecule has 12 heavy (non-hydrogen) atoms. The Kier molecular flexibility index (Phi) is 1.92. The van der Waals surface area contributed by atoms with Crippen molar-refractivity contribution in [3.8, 4) is 0 Å². The number of fused-ring (bicyclic) bond motifs is 1. The van der Waals surface area contributed by atoms with Crippen LogP contribution in [0.4, 0.5) is 4.79 Å². The lowest BCUT2D eigenvalue weighted by molar-refractivity contribution is 0.0866. The van der Waals surface area contributed by atoms with Crippen LogP contribution in [0.3, 0.4) is 0 Å². The van der Waals surface area contributed by atoms with E-state index in [0.29, 0.717) is 12.7 Å². The molecule has 0 spiro atoms. The minimum absolute atomic E-state index is 0.0257. The van der Waals surface area contributed by atoms with Crippen LogP contribution in [-0.4, -0.2) is 36.5 Å². The van der Waals surface area contributed by atoms with E-state index in [1.807, 2.05) is 6.92 Å². The molecule has 2 heterocycles. The van der Waals surface area contributed by atoms with Crippen molar-refractivity contribution in [1.82, 2.24) is 4.90 Å². The van der Waals surface area contributed by atoms with Gasteiger partial charge in [-0.3, -0.25) is 4.90 Å². The fraction of sp³-hybridized carbons (Fsp3) is 0.875. The van der Waals surface area contributed by atoms with Gasteiger partial charge in [-0.05, 0) is 19.8 Å². The van der Waals surface area contributed by atoms with Gasteiger partial charge in [0, 0.05) is 6.54 Å². The Morgan fingerprint density at radius 2 is 2.58 bits per heavy atom. The highest BCUT2D eigenvalue weighted by molar-refractivity contribution is 5.68. The van der Waals surface area contributed by atoms with Crippen LogP contribution < -0.4 is 0 Å². The first-order chi connectivity index (χ1) is 5.83. The number of likely N-dealkylation sites (tertiary alicyclic amines) is 1. The molecule has 68 valence electrons. The van der Waals surface area contributed by atoms with Gasteiger partial charge in [-0.1, -0.05) is 0 Å². The van der Waals surface area contributed by atoms with E-state index >= 15 is 0 Å². The molecular weight excluding hydrogens is 158 g/mol. The number of hydrogen-bond acceptors (Lipinski definition) is 3. The number of nitrogens with zero attached hydrogens (tertiary/aromatic N) is 1. The van der Waals surface area contributed by atoms with Gasteiger partial charge < -0.3 is 9.47 Å². The van der Waals surface area contributed by atoms with Gasteiger partial charge in [-0.15, -0.1) is 0 Å². The van der Waals surface area contributed by atoms with Gasteiger partial charge in [0.15, 0.2) is 6.23 Å². The zero-order chi connectivity index (χ0) is 8.55. The summed E-state index contributed by atoms with van der Waals surface area (Å²) in [5.74, 6) is 0. The Bertz CT molecular complexity index is 195. The zero-order valence-electron chi connectivity index (χ0n) is 7.16. The molecular formula is C8H13NO3. The number of epoxide rings is 1. The first-order valence-corrected chi connectivity index (χ1v) is 4.42. The maximum absolute atomic E-state index is 11.3. The summed E-state index contributed by atoms with van der Waals surface area (Å²) in [6, 6.07) is 0. The van der Waals surface area contributed by atoms with Crippen LogP contribution in [0.5, 0.6) is 0 Å². The molecule has 0 saturated carbocycles. The third-order valence-corrected chi connectivity index (χ3v) is 2.25. The zero-order valence-corrected chi connectivity index (χ0v) is 7.16. The Morgan fingerprint density at radius 3 is 3.33 bits per heavy atom. The summed E-state index contributed by atoms with van der Waals surface area (Å²) >= 11 is 0. The fourth-order valence-electron chi connectivity index (χ4n) is 1.61. The third-order valence-electron chi connectivity index (χ3n) is 2.25. The lowest BCUT2D eigenvalue weighted by atomic mass is 10.1. The van der Waals surface area contributed by atoms with E-state index in [0.717, 1.165) is 19.4 Å². The van der Waals surface area contributed by atoms with Crippen molar-refractivity contribution >= 4 is 6.09 Å². The first kappa shape index (κ1) is 7.86. The highest BCUT2D eigenvalue weighted by atomic mass is 16.6. The summed E-state index contributed by atoms with van der Waals surface area (Å²) in [5.41, 5.74) is 0. The van der Waals surface area contributed by atoms with Crippen LogP contribution in [0.15, 0.2) is 0 Å². The second-order valence-corrected chi connectivity index (χ2v) is 3.10. The monoisotopic (exact) mass is 171 g/mol. The molecule has 2 fully saturated rings. The molecule has 0 aromatic carbocycles. The lowest BCUT2D eigenvalue weighted by Gasteiger charge is -2.22. The fourth-order valence-corrected chi connectivity index (χ4v) is 1.61. The smallest absolute Gasteiger partial charge is 0.411 e. The highest BCUT2D eigenvalue weighted by Crippen LogP contribution is 2.34. The molecule has 0 aromatic rings. The molecule has 4 nitrogen and oxygen atoms in total. The molecule has 4 heteroatoms. The summed E-state index contributed by atoms with van der Waals surface area (Å²) in [6.07, 6.45) is 2.20. The molecule has 1 amide bonds. The number of rotatable bonds is 1. The van der Waals surface area contributed by atoms with Crippen molar-refractivity contribution in [2.24, 2.45) is 0 Å². The van der Waals surface area contributed by atoms with E-state index < -0.39 is 0 Å². The van der Waals surface area contributed by atoms with Gasteiger partial charge in [0.2, 0.25) is 0 Å². The lowest BCUT2D eigenvalue weighted by Crippen LogP contribution is -2.38. The van der Waals surface area contributed by atoms with E-state index in [2.05, 4.69) is 0 Å². The molecule has 0 radical (unpaired) electrons. The van der Waals surface area contributed by atoms with Crippen LogP contribution in [0.2, 0.25) is 0 Å². The molecule has 2 unspecified atom stereocenters. The molecule has 0 N–H and O–H groups in total. The van der Waals surface area contributed by atoms with Crippen LogP contribution >= 0.6 is 0 Å². The van der Waals surface area contributed by atoms with Crippen LogP contribution in [0.25, 0.3) is 0 Å². The standard InChI is InChI=1S/C8H13NO3/c1-2-11-8(10)9-5-3-4-6-7(9)12-6/h6-7H,2-5H2,1H3. The largest absolute Gasteiger partial charge is 0.450 e. The van der Waals surface area contributed by atoms with Gasteiger partial charge >= 0.3 is 6.09 Å². The maximum Gasteiger partial charge on any atom is 0.411 e. The van der Waals surface area contributed by atoms with Gasteiger partial charge in [-0.25, -0.2) is 4.79 Å². The maximum atomic E-state index is 11.3. The quantitative estimate of drug-likeness (QED) is 0.552. The van der Waals surface area contributed by atoms with Crippen molar-refractivity contribution < 1.29 is 14.3 Å². The SMILES string of the molecule is CCOC(=O)N1CCCC2OC21. The molecule has 2 rings (SSSR count). The topological polar surface area (TPSA) is 42.1 Å². The summed E-state index contributed by atoms with van der Waals surface area (Å²) in [5, 5.41) is 0. The van der Waals surface area contributed by atoms with Crippen molar-refractivity contribution in [1.29, 1.82) is 0 Å². The molecule has 2 saturated heterocycles. The molecule has 2 aliphatic rings. The number of piperidine rings is 1. The summed E-state index contributed by atoms with van der Waals surface area (Å²) < 4.78 is 10.2. The van der Waals surface area contributed by atoms with Gasteiger partial charge in [-0.2, -0.15) is 0 Å². The molecule has 2 aliphatic heterocycles. The van der Waals surface area contributed by atoms with E-state index in [-0.39, 0.29) is 12.3 Å². The van der Waals surface area contributed by atoms with Crippen molar-refractivity contribution in [3.63, 3.8) is 0 Å². The Balaban J connectivity index is 1.90. The predicted octanol–water partition coefficient (Wildman–Crippen LogP) is 0.964. The second kappa shape index (κ2) is 2.94. The summed E-state index contributed by atoms with van der Waals surface area (Å²) in [4.78, 5) is 12.9. The Hall–Kier alpha value is -0.770. The highest BCUT2D eigenvalue weighted by Gasteiger charge is 2.48. The van der Waals surface area contributed by atoms with Crippen LogP contribution in [-0.2, 0) is 9.47 Å². The number of hydrogen-bond donors (Lipinski definition) is 0. The third kappa shape index (κ3) is 1.27. The molecule has 0 bridgehead atoms. The number of carbonyl (C=O) groups excluding carboxylic acids is 1. The molecule has 0 aromatic heterocycles. The van der Waals surface area contributed by atoms with Crippen molar-refractivity contribution in [2.45, 2.75) is 32.1 Å².